The van der Waals surface area contributed by atoms with E-state index >= 15 is 0 Å². The van der Waals surface area contributed by atoms with Gasteiger partial charge in [-0.1, -0.05) is 18.2 Å². The average Bonchev–Trinajstić information content (AvgIpc) is 3.07. The maximum atomic E-state index is 14.2. The zero-order valence-corrected chi connectivity index (χ0v) is 12.7. The number of rotatable bonds is 4. The number of benzene rings is 1. The fraction of sp³-hybridized carbons (Fsp3) is 0.312. The van der Waals surface area contributed by atoms with E-state index in [-0.39, 0.29) is 12.7 Å². The Morgan fingerprint density at radius 3 is 2.79 bits per heavy atom. The lowest BCUT2D eigenvalue weighted by Crippen LogP contribution is -2.30. The van der Waals surface area contributed by atoms with Gasteiger partial charge in [-0.2, -0.15) is 4.98 Å². The van der Waals surface area contributed by atoms with Gasteiger partial charge in [0.1, 0.15) is 6.23 Å². The van der Waals surface area contributed by atoms with E-state index < -0.39 is 29.5 Å². The Balaban J connectivity index is 1.80. The summed E-state index contributed by atoms with van der Waals surface area (Å²) in [4.78, 5) is 27.7. The predicted molar refractivity (Wildman–Crippen MR) is 83.1 cm³/mol. The maximum absolute atomic E-state index is 14.2. The van der Waals surface area contributed by atoms with Crippen molar-refractivity contribution in [1.29, 1.82) is 0 Å². The molecular formula is C16H16FN3O4. The Hall–Kier alpha value is -2.58. The Morgan fingerprint density at radius 2 is 2.12 bits per heavy atom. The molecule has 2 atom stereocenters. The Labute approximate surface area is 136 Å². The molecule has 1 aromatic carbocycles. The molecule has 2 heterocycles. The van der Waals surface area contributed by atoms with Crippen LogP contribution in [0, 0.1) is 5.82 Å². The summed E-state index contributed by atoms with van der Waals surface area (Å²) in [5, 5.41) is 11.3. The number of anilines is 1. The van der Waals surface area contributed by atoms with Gasteiger partial charge in [-0.3, -0.25) is 9.36 Å². The lowest BCUT2D eigenvalue weighted by molar-refractivity contribution is -0.0249. The molecule has 1 aliphatic heterocycles. The van der Waals surface area contributed by atoms with Crippen LogP contribution in [0.15, 0.2) is 41.3 Å². The van der Waals surface area contributed by atoms with E-state index in [9.17, 15) is 14.0 Å². The third-order valence-corrected chi connectivity index (χ3v) is 3.77. The number of hydrogen-bond donors (Lipinski definition) is 2. The lowest BCUT2D eigenvalue weighted by atomic mass is 10.2. The Kier molecular flexibility index (Phi) is 4.68. The molecule has 3 rings (SSSR count). The summed E-state index contributed by atoms with van der Waals surface area (Å²) >= 11 is 0. The van der Waals surface area contributed by atoms with Gasteiger partial charge in [0, 0.05) is 5.56 Å². The molecule has 8 heteroatoms. The fourth-order valence-electron chi connectivity index (χ4n) is 2.53. The van der Waals surface area contributed by atoms with Crippen LogP contribution in [0.4, 0.5) is 10.2 Å². The zero-order valence-electron chi connectivity index (χ0n) is 12.7. The minimum atomic E-state index is -0.838. The van der Waals surface area contributed by atoms with Gasteiger partial charge in [0.2, 0.25) is 0 Å². The molecule has 0 aliphatic carbocycles. The third kappa shape index (κ3) is 3.34. The maximum Gasteiger partial charge on any atom is 0.351 e. The van der Waals surface area contributed by atoms with Crippen molar-refractivity contribution in [2.45, 2.75) is 25.2 Å². The fourth-order valence-corrected chi connectivity index (χ4v) is 2.53. The first-order valence-electron chi connectivity index (χ1n) is 7.50. The summed E-state index contributed by atoms with van der Waals surface area (Å²) in [5.41, 5.74) is -0.406. The molecule has 0 bridgehead atoms. The second-order valence-electron chi connectivity index (χ2n) is 5.42. The second-order valence-corrected chi connectivity index (χ2v) is 5.42. The van der Waals surface area contributed by atoms with Crippen molar-refractivity contribution in [1.82, 2.24) is 9.55 Å². The number of halogens is 1. The number of nitrogens with zero attached hydrogens (tertiary/aromatic N) is 2. The van der Waals surface area contributed by atoms with Crippen molar-refractivity contribution >= 4 is 11.7 Å². The number of aliphatic hydroxyl groups excluding tert-OH is 1. The van der Waals surface area contributed by atoms with Crippen LogP contribution in [0.25, 0.3) is 0 Å². The van der Waals surface area contributed by atoms with Crippen molar-refractivity contribution in [2.75, 3.05) is 11.9 Å². The molecule has 126 valence electrons. The normalized spacial score (nSPS) is 20.1. The van der Waals surface area contributed by atoms with Gasteiger partial charge in [-0.05, 0) is 25.0 Å². The largest absolute Gasteiger partial charge is 0.394 e. The van der Waals surface area contributed by atoms with Crippen molar-refractivity contribution in [3.8, 4) is 0 Å². The molecule has 2 N–H and O–H groups in total. The number of amides is 1. The molecule has 0 unspecified atom stereocenters. The highest BCUT2D eigenvalue weighted by atomic mass is 19.1. The first-order valence-corrected chi connectivity index (χ1v) is 7.50. The van der Waals surface area contributed by atoms with Crippen LogP contribution >= 0.6 is 0 Å². The molecule has 1 saturated heterocycles. The quantitative estimate of drug-likeness (QED) is 0.880. The highest BCUT2D eigenvalue weighted by molar-refractivity contribution is 6.03. The van der Waals surface area contributed by atoms with E-state index in [0.29, 0.717) is 18.4 Å². The number of ether oxygens (including phenoxy) is 1. The first kappa shape index (κ1) is 16.3. The smallest absolute Gasteiger partial charge is 0.351 e. The van der Waals surface area contributed by atoms with Crippen LogP contribution in [0.3, 0.4) is 0 Å². The van der Waals surface area contributed by atoms with Gasteiger partial charge in [0.25, 0.3) is 5.91 Å². The summed E-state index contributed by atoms with van der Waals surface area (Å²) in [6, 6.07) is 8.22. The Morgan fingerprint density at radius 1 is 1.38 bits per heavy atom. The molecule has 1 amide bonds. The number of aromatic nitrogens is 2. The molecular weight excluding hydrogens is 317 g/mol. The second kappa shape index (κ2) is 6.90. The molecule has 24 heavy (non-hydrogen) atoms. The monoisotopic (exact) mass is 333 g/mol. The van der Waals surface area contributed by atoms with Crippen molar-refractivity contribution < 1.29 is 19.0 Å². The number of carbonyl (C=O) groups excluding carboxylic acids is 1. The van der Waals surface area contributed by atoms with Gasteiger partial charge in [-0.25, -0.2) is 9.18 Å². The molecule has 0 spiro atoms. The van der Waals surface area contributed by atoms with Crippen LogP contribution in [0.5, 0.6) is 0 Å². The van der Waals surface area contributed by atoms with E-state index in [1.54, 1.807) is 30.3 Å². The molecule has 1 aromatic heterocycles. The molecule has 1 fully saturated rings. The minimum Gasteiger partial charge on any atom is -0.394 e. The summed E-state index contributed by atoms with van der Waals surface area (Å²) in [6.45, 7) is -0.160. The van der Waals surface area contributed by atoms with Crippen LogP contribution in [-0.2, 0) is 4.74 Å². The first-order chi connectivity index (χ1) is 11.6. The van der Waals surface area contributed by atoms with Crippen molar-refractivity contribution in [3.63, 3.8) is 0 Å². The number of hydrogen-bond acceptors (Lipinski definition) is 5. The summed E-state index contributed by atoms with van der Waals surface area (Å²) in [7, 11) is 0. The lowest BCUT2D eigenvalue weighted by Gasteiger charge is -2.15. The van der Waals surface area contributed by atoms with E-state index in [0.717, 1.165) is 10.8 Å². The van der Waals surface area contributed by atoms with E-state index in [1.165, 1.54) is 0 Å². The summed E-state index contributed by atoms with van der Waals surface area (Å²) in [5.74, 6) is -1.83. The van der Waals surface area contributed by atoms with Gasteiger partial charge in [-0.15, -0.1) is 0 Å². The topological polar surface area (TPSA) is 93.5 Å². The SMILES string of the molecule is O=C(Nc1nc(=O)n([C@H]2CC[C@@H](CO)O2)cc1F)c1ccccc1. The van der Waals surface area contributed by atoms with Crippen LogP contribution in [0.2, 0.25) is 0 Å². The van der Waals surface area contributed by atoms with E-state index in [4.69, 9.17) is 9.84 Å². The molecule has 1 aliphatic rings. The molecule has 7 nitrogen and oxygen atoms in total. The van der Waals surface area contributed by atoms with Gasteiger partial charge in [0.05, 0.1) is 18.9 Å². The van der Waals surface area contributed by atoms with Gasteiger partial charge < -0.3 is 15.2 Å². The van der Waals surface area contributed by atoms with Gasteiger partial charge in [0.15, 0.2) is 11.6 Å². The molecule has 0 radical (unpaired) electrons. The van der Waals surface area contributed by atoms with Gasteiger partial charge >= 0.3 is 5.69 Å². The highest BCUT2D eigenvalue weighted by Gasteiger charge is 2.27. The van der Waals surface area contributed by atoms with Crippen molar-refractivity contribution in [3.05, 3.63) is 58.4 Å². The predicted octanol–water partition coefficient (Wildman–Crippen LogP) is 1.30. The van der Waals surface area contributed by atoms with E-state index in [2.05, 4.69) is 10.3 Å². The zero-order chi connectivity index (χ0) is 17.1. The van der Waals surface area contributed by atoms with Crippen LogP contribution in [0.1, 0.15) is 29.4 Å². The van der Waals surface area contributed by atoms with Crippen molar-refractivity contribution in [2.24, 2.45) is 0 Å². The summed E-state index contributed by atoms with van der Waals surface area (Å²) in [6.07, 6.45) is 0.960. The highest BCUT2D eigenvalue weighted by Crippen LogP contribution is 2.27. The number of nitrogens with one attached hydrogen (secondary N) is 1. The average molecular weight is 333 g/mol. The molecule has 0 saturated carbocycles. The van der Waals surface area contributed by atoms with Crippen LogP contribution in [-0.4, -0.2) is 33.3 Å². The Bertz CT molecular complexity index is 794. The minimum absolute atomic E-state index is 0.160. The summed E-state index contributed by atoms with van der Waals surface area (Å²) < 4.78 is 20.7. The third-order valence-electron chi connectivity index (χ3n) is 3.77. The van der Waals surface area contributed by atoms with E-state index in [1.807, 2.05) is 0 Å². The molecule has 2 aromatic rings. The number of aliphatic hydroxyl groups is 1. The standard InChI is InChI=1S/C16H16FN3O4/c17-12-8-20(13-7-6-11(9-21)24-13)16(23)19-14(12)18-15(22)10-4-2-1-3-5-10/h1-5,8,11,13,21H,6-7,9H2,(H,18,19,22,23)/t11-,13+/m0/s1. The number of carbonyl (C=O) groups is 1. The van der Waals surface area contributed by atoms with Crippen LogP contribution < -0.4 is 11.0 Å².